The number of hydrogen-bond donors (Lipinski definition) is 3. The number of fused-ring (bicyclic) bond motifs is 1. The van der Waals surface area contributed by atoms with Crippen molar-refractivity contribution in [1.82, 2.24) is 0 Å². The van der Waals surface area contributed by atoms with E-state index in [9.17, 15) is 0 Å². The van der Waals surface area contributed by atoms with Crippen LogP contribution in [0.4, 0.5) is 0 Å². The normalized spacial score (nSPS) is 20.6. The van der Waals surface area contributed by atoms with Gasteiger partial charge in [0.05, 0.1) is 0 Å². The Morgan fingerprint density at radius 1 is 1.27 bits per heavy atom. The summed E-state index contributed by atoms with van der Waals surface area (Å²) in [4.78, 5) is 0. The van der Waals surface area contributed by atoms with Gasteiger partial charge in [-0.1, -0.05) is 0 Å². The van der Waals surface area contributed by atoms with Crippen LogP contribution in [0.25, 0.3) is 0 Å². The van der Waals surface area contributed by atoms with Crippen LogP contribution >= 0.6 is 0 Å². The fourth-order valence-corrected chi connectivity index (χ4v) is 1.37. The van der Waals surface area contributed by atoms with Crippen molar-refractivity contribution in [1.29, 1.82) is 0 Å². The molecule has 0 amide bonds. The molecule has 58 valence electrons. The molecule has 1 atom stereocenters. The Labute approximate surface area is 64.1 Å². The van der Waals surface area contributed by atoms with Gasteiger partial charge in [-0.3, -0.25) is 0 Å². The summed E-state index contributed by atoms with van der Waals surface area (Å²) in [5.74, 6) is -0.144. The lowest BCUT2D eigenvalue weighted by molar-refractivity contribution is 0.399. The first-order chi connectivity index (χ1) is 5.18. The van der Waals surface area contributed by atoms with Crippen LogP contribution in [0.15, 0.2) is 12.1 Å². The van der Waals surface area contributed by atoms with E-state index >= 15 is 0 Å². The van der Waals surface area contributed by atoms with Crippen LogP contribution < -0.4 is 5.73 Å². The monoisotopic (exact) mass is 151 g/mol. The lowest BCUT2D eigenvalue weighted by Gasteiger charge is -2.26. The van der Waals surface area contributed by atoms with E-state index in [0.29, 0.717) is 0 Å². The van der Waals surface area contributed by atoms with E-state index in [4.69, 9.17) is 15.9 Å². The molecule has 1 aliphatic rings. The smallest absolute Gasteiger partial charge is 0.157 e. The second-order valence-electron chi connectivity index (χ2n) is 2.85. The highest BCUT2D eigenvalue weighted by Gasteiger charge is 2.24. The summed E-state index contributed by atoms with van der Waals surface area (Å²) < 4.78 is 0. The number of aromatic hydroxyl groups is 2. The standard InChI is InChI=1S/C8H9NO2/c9-6-1-4-2-7(10)8(11)3-5(4)6/h2-3,6,10-11H,1,9H2. The minimum atomic E-state index is -0.0844. The van der Waals surface area contributed by atoms with Crippen LogP contribution in [-0.4, -0.2) is 10.2 Å². The zero-order valence-electron chi connectivity index (χ0n) is 5.91. The molecular formula is C8H9NO2. The van der Waals surface area contributed by atoms with Crippen molar-refractivity contribution in [3.05, 3.63) is 23.3 Å². The molecule has 1 unspecified atom stereocenters. The summed E-state index contributed by atoms with van der Waals surface area (Å²) in [6.45, 7) is 0. The lowest BCUT2D eigenvalue weighted by atomic mass is 9.83. The second kappa shape index (κ2) is 1.89. The molecule has 3 nitrogen and oxygen atoms in total. The average Bonchev–Trinajstić information content (AvgIpc) is 1.97. The van der Waals surface area contributed by atoms with Gasteiger partial charge < -0.3 is 15.9 Å². The summed E-state index contributed by atoms with van der Waals surface area (Å²) in [6, 6.07) is 3.13. The Morgan fingerprint density at radius 3 is 2.55 bits per heavy atom. The van der Waals surface area contributed by atoms with Crippen LogP contribution in [0.2, 0.25) is 0 Å². The maximum Gasteiger partial charge on any atom is 0.157 e. The fourth-order valence-electron chi connectivity index (χ4n) is 1.37. The first kappa shape index (κ1) is 6.49. The number of nitrogens with two attached hydrogens (primary N) is 1. The zero-order valence-corrected chi connectivity index (χ0v) is 5.91. The summed E-state index contributed by atoms with van der Waals surface area (Å²) in [7, 11) is 0. The molecule has 0 aliphatic heterocycles. The van der Waals surface area contributed by atoms with Gasteiger partial charge in [0.2, 0.25) is 0 Å². The van der Waals surface area contributed by atoms with Gasteiger partial charge in [-0.2, -0.15) is 0 Å². The minimum Gasteiger partial charge on any atom is -0.504 e. The maximum absolute atomic E-state index is 9.07. The van der Waals surface area contributed by atoms with Crippen molar-refractivity contribution in [2.24, 2.45) is 5.73 Å². The molecule has 0 bridgehead atoms. The summed E-state index contributed by atoms with van der Waals surface area (Å²) >= 11 is 0. The highest BCUT2D eigenvalue weighted by atomic mass is 16.3. The Balaban J connectivity index is 2.55. The van der Waals surface area contributed by atoms with Crippen LogP contribution in [-0.2, 0) is 6.42 Å². The molecule has 0 heterocycles. The predicted octanol–water partition coefficient (Wildman–Crippen LogP) is 0.654. The van der Waals surface area contributed by atoms with E-state index in [1.54, 1.807) is 6.07 Å². The molecule has 11 heavy (non-hydrogen) atoms. The number of rotatable bonds is 0. The van der Waals surface area contributed by atoms with Gasteiger partial charge in [0.15, 0.2) is 11.5 Å². The third-order valence-corrected chi connectivity index (χ3v) is 2.08. The Bertz CT molecular complexity index is 309. The number of hydrogen-bond acceptors (Lipinski definition) is 3. The topological polar surface area (TPSA) is 66.5 Å². The molecule has 0 saturated carbocycles. The molecule has 0 radical (unpaired) electrons. The molecule has 2 rings (SSSR count). The molecule has 1 aromatic rings. The molecule has 1 aliphatic carbocycles. The molecular weight excluding hydrogens is 142 g/mol. The summed E-state index contributed by atoms with van der Waals surface area (Å²) in [5.41, 5.74) is 7.60. The van der Waals surface area contributed by atoms with Gasteiger partial charge in [0, 0.05) is 6.04 Å². The van der Waals surface area contributed by atoms with Gasteiger partial charge in [-0.15, -0.1) is 0 Å². The SMILES string of the molecule is NC1Cc2cc(O)c(O)cc21. The third-order valence-electron chi connectivity index (χ3n) is 2.08. The molecule has 0 saturated heterocycles. The number of phenolic OH excluding ortho intramolecular Hbond substituents is 2. The quantitative estimate of drug-likeness (QED) is 0.477. The zero-order chi connectivity index (χ0) is 8.01. The first-order valence-corrected chi connectivity index (χ1v) is 3.49. The highest BCUT2D eigenvalue weighted by molar-refractivity contribution is 5.51. The third kappa shape index (κ3) is 0.778. The fraction of sp³-hybridized carbons (Fsp3) is 0.250. The van der Waals surface area contributed by atoms with Gasteiger partial charge in [0.1, 0.15) is 0 Å². The van der Waals surface area contributed by atoms with E-state index in [1.807, 2.05) is 0 Å². The van der Waals surface area contributed by atoms with Crippen molar-refractivity contribution >= 4 is 0 Å². The van der Waals surface area contributed by atoms with E-state index in [-0.39, 0.29) is 17.5 Å². The largest absolute Gasteiger partial charge is 0.504 e. The molecule has 0 fully saturated rings. The molecule has 0 spiro atoms. The van der Waals surface area contributed by atoms with E-state index in [0.717, 1.165) is 17.5 Å². The summed E-state index contributed by atoms with van der Waals surface area (Å²) in [5, 5.41) is 18.1. The van der Waals surface area contributed by atoms with Crippen molar-refractivity contribution in [2.75, 3.05) is 0 Å². The molecule has 4 N–H and O–H groups in total. The van der Waals surface area contributed by atoms with Crippen molar-refractivity contribution in [2.45, 2.75) is 12.5 Å². The van der Waals surface area contributed by atoms with E-state index < -0.39 is 0 Å². The van der Waals surface area contributed by atoms with Crippen molar-refractivity contribution in [3.63, 3.8) is 0 Å². The van der Waals surface area contributed by atoms with Crippen molar-refractivity contribution < 1.29 is 10.2 Å². The van der Waals surface area contributed by atoms with Gasteiger partial charge >= 0.3 is 0 Å². The molecule has 0 aromatic heterocycles. The number of benzene rings is 1. The maximum atomic E-state index is 9.07. The summed E-state index contributed by atoms with van der Waals surface area (Å²) in [6.07, 6.45) is 0.795. The molecule has 3 heteroatoms. The van der Waals surface area contributed by atoms with Gasteiger partial charge in [0.25, 0.3) is 0 Å². The first-order valence-electron chi connectivity index (χ1n) is 3.49. The minimum absolute atomic E-state index is 0.0384. The van der Waals surface area contributed by atoms with Gasteiger partial charge in [-0.25, -0.2) is 0 Å². The predicted molar refractivity (Wildman–Crippen MR) is 40.4 cm³/mol. The average molecular weight is 151 g/mol. The van der Waals surface area contributed by atoms with Crippen LogP contribution in [0.1, 0.15) is 17.2 Å². The second-order valence-corrected chi connectivity index (χ2v) is 2.85. The van der Waals surface area contributed by atoms with Crippen LogP contribution in [0.5, 0.6) is 11.5 Å². The van der Waals surface area contributed by atoms with Crippen LogP contribution in [0.3, 0.4) is 0 Å². The molecule has 1 aromatic carbocycles. The Kier molecular flexibility index (Phi) is 1.11. The van der Waals surface area contributed by atoms with Crippen molar-refractivity contribution in [3.8, 4) is 11.5 Å². The lowest BCUT2D eigenvalue weighted by Crippen LogP contribution is -2.24. The Morgan fingerprint density at radius 2 is 1.91 bits per heavy atom. The van der Waals surface area contributed by atoms with E-state index in [1.165, 1.54) is 6.07 Å². The highest BCUT2D eigenvalue weighted by Crippen LogP contribution is 2.38. The van der Waals surface area contributed by atoms with Crippen LogP contribution in [0, 0.1) is 0 Å². The van der Waals surface area contributed by atoms with E-state index in [2.05, 4.69) is 0 Å². The number of phenols is 2. The van der Waals surface area contributed by atoms with Gasteiger partial charge in [-0.05, 0) is 29.7 Å². The Hall–Kier alpha value is -1.22.